The molecule has 3 aliphatic heterocycles. The number of likely N-dealkylation sites (tertiary alicyclic amines) is 1. The maximum atomic E-state index is 15.5. The summed E-state index contributed by atoms with van der Waals surface area (Å²) in [5.74, 6) is 2.76. The van der Waals surface area contributed by atoms with Crippen LogP contribution in [0.25, 0.3) is 0 Å². The molecule has 2 amide bonds. The lowest BCUT2D eigenvalue weighted by atomic mass is 9.51. The lowest BCUT2D eigenvalue weighted by Crippen LogP contribution is -2.63. The highest BCUT2D eigenvalue weighted by atomic mass is 16.5. The van der Waals surface area contributed by atoms with Crippen LogP contribution >= 0.6 is 0 Å². The fourth-order valence-corrected chi connectivity index (χ4v) is 10.9. The van der Waals surface area contributed by atoms with Crippen molar-refractivity contribution in [2.45, 2.75) is 72.0 Å². The number of ether oxygens (including phenoxy) is 1. The Labute approximate surface area is 261 Å². The Morgan fingerprint density at radius 1 is 1.09 bits per heavy atom. The van der Waals surface area contributed by atoms with Gasteiger partial charge in [0.1, 0.15) is 17.3 Å². The van der Waals surface area contributed by atoms with Gasteiger partial charge in [-0.05, 0) is 67.1 Å². The highest BCUT2D eigenvalue weighted by Gasteiger charge is 2.76. The van der Waals surface area contributed by atoms with Crippen LogP contribution in [-0.2, 0) is 20.8 Å². The highest BCUT2D eigenvalue weighted by Crippen LogP contribution is 2.69. The number of carbonyl (C=O) groups excluding carboxylic acids is 3. The van der Waals surface area contributed by atoms with Gasteiger partial charge in [-0.3, -0.25) is 19.3 Å². The number of imide groups is 1. The van der Waals surface area contributed by atoms with Gasteiger partial charge in [-0.1, -0.05) is 63.5 Å². The largest absolute Gasteiger partial charge is 0.490 e. The zero-order valence-corrected chi connectivity index (χ0v) is 26.4. The molecule has 3 heterocycles. The lowest BCUT2D eigenvalue weighted by Gasteiger charge is -2.51. The molecular weight excluding hydrogens is 550 g/mol. The number of hydrogen-bond acceptors (Lipinski definition) is 5. The molecule has 6 aliphatic rings. The number of amides is 2. The Morgan fingerprint density at radius 2 is 1.77 bits per heavy atom. The summed E-state index contributed by atoms with van der Waals surface area (Å²) in [4.78, 5) is 45.0. The van der Waals surface area contributed by atoms with Crippen LogP contribution in [0, 0.1) is 76.4 Å². The molecule has 11 unspecified atom stereocenters. The summed E-state index contributed by atoms with van der Waals surface area (Å²) in [5.41, 5.74) is -3.97. The number of terminal acetylenes is 2. The second kappa shape index (κ2) is 9.95. The predicted molar refractivity (Wildman–Crippen MR) is 168 cm³/mol. The van der Waals surface area contributed by atoms with Crippen molar-refractivity contribution in [1.82, 2.24) is 4.90 Å². The molecule has 0 radical (unpaired) electrons. The number of benzene rings is 1. The summed E-state index contributed by atoms with van der Waals surface area (Å²) < 4.78 is 6.98. The molecule has 11 atom stereocenters. The number of nitrogens with zero attached hydrogens (tertiary/aromatic N) is 1. The van der Waals surface area contributed by atoms with Crippen molar-refractivity contribution in [1.29, 1.82) is 0 Å². The summed E-state index contributed by atoms with van der Waals surface area (Å²) in [6.07, 6.45) is 16.5. The van der Waals surface area contributed by atoms with Crippen molar-refractivity contribution in [3.05, 3.63) is 54.1 Å². The molecule has 1 aromatic carbocycles. The number of rotatable bonds is 3. The minimum Gasteiger partial charge on any atom is -0.490 e. The van der Waals surface area contributed by atoms with E-state index in [1.807, 2.05) is 31.2 Å². The van der Waals surface area contributed by atoms with E-state index in [1.165, 1.54) is 0 Å². The van der Waals surface area contributed by atoms with Gasteiger partial charge < -0.3 is 9.84 Å². The van der Waals surface area contributed by atoms with Crippen molar-refractivity contribution in [3.63, 3.8) is 0 Å². The molecule has 7 rings (SSSR count). The van der Waals surface area contributed by atoms with Gasteiger partial charge in [0, 0.05) is 29.6 Å². The van der Waals surface area contributed by atoms with Crippen LogP contribution in [0.4, 0.5) is 0 Å². The van der Waals surface area contributed by atoms with Crippen molar-refractivity contribution in [2.24, 2.45) is 51.8 Å². The topological polar surface area (TPSA) is 83.9 Å². The number of fused-ring (bicyclic) bond motifs is 4. The second-order valence-corrected chi connectivity index (χ2v) is 14.9. The second-order valence-electron chi connectivity index (χ2n) is 14.9. The Bertz CT molecular complexity index is 1560. The fraction of sp³-hybridized carbons (Fsp3) is 0.553. The Balaban J connectivity index is 1.69. The summed E-state index contributed by atoms with van der Waals surface area (Å²) in [5, 5.41) is 12.9. The maximum Gasteiger partial charge on any atom is 0.271 e. The number of allylic oxidation sites excluding steroid dienone is 3. The van der Waals surface area contributed by atoms with E-state index in [-0.39, 0.29) is 42.7 Å². The van der Waals surface area contributed by atoms with Crippen molar-refractivity contribution in [2.75, 3.05) is 6.54 Å². The van der Waals surface area contributed by atoms with E-state index in [2.05, 4.69) is 52.2 Å². The summed E-state index contributed by atoms with van der Waals surface area (Å²) >= 11 is 0. The molecule has 230 valence electrons. The van der Waals surface area contributed by atoms with Gasteiger partial charge in [-0.15, -0.1) is 25.3 Å². The quantitative estimate of drug-likeness (QED) is 0.231. The maximum absolute atomic E-state index is 15.5. The van der Waals surface area contributed by atoms with Crippen LogP contribution in [0.3, 0.4) is 0 Å². The van der Waals surface area contributed by atoms with Crippen molar-refractivity contribution < 1.29 is 24.2 Å². The van der Waals surface area contributed by atoms with E-state index in [0.29, 0.717) is 23.1 Å². The number of hydrogen-bond donors (Lipinski definition) is 1. The molecular formula is C38H43NO5. The summed E-state index contributed by atoms with van der Waals surface area (Å²) in [6, 6.07) is 7.43. The molecule has 3 fully saturated rings. The number of ketones is 1. The molecule has 2 bridgehead atoms. The SMILES string of the molecule is C#CCN1C(=O)C2(CC#C)Cc3ccc(cc3)OC3C4C(C(=O)C2(O)C1=O)C(C)(C=C)C=C(C)C4C1(C)CC(C)CC(C)C31. The van der Waals surface area contributed by atoms with Crippen LogP contribution in [0.15, 0.2) is 48.6 Å². The highest BCUT2D eigenvalue weighted by molar-refractivity contribution is 6.24. The third-order valence-electron chi connectivity index (χ3n) is 12.2. The molecule has 6 nitrogen and oxygen atoms in total. The molecule has 6 heteroatoms. The van der Waals surface area contributed by atoms with Crippen LogP contribution < -0.4 is 4.74 Å². The molecule has 2 saturated carbocycles. The molecule has 1 aromatic rings. The van der Waals surface area contributed by atoms with Gasteiger partial charge in [0.05, 0.1) is 6.54 Å². The zero-order chi connectivity index (χ0) is 32.0. The van der Waals surface area contributed by atoms with E-state index < -0.39 is 45.9 Å². The van der Waals surface area contributed by atoms with Crippen molar-refractivity contribution >= 4 is 17.6 Å². The predicted octanol–water partition coefficient (Wildman–Crippen LogP) is 5.00. The van der Waals surface area contributed by atoms with Crippen LogP contribution in [0.2, 0.25) is 0 Å². The van der Waals surface area contributed by atoms with Gasteiger partial charge in [0.25, 0.3) is 5.91 Å². The average Bonchev–Trinajstić information content (AvgIpc) is 3.29. The molecule has 3 aliphatic carbocycles. The Kier molecular flexibility index (Phi) is 6.88. The van der Waals surface area contributed by atoms with E-state index in [9.17, 15) is 14.7 Å². The van der Waals surface area contributed by atoms with Gasteiger partial charge in [0.2, 0.25) is 11.5 Å². The van der Waals surface area contributed by atoms with Gasteiger partial charge in [-0.25, -0.2) is 0 Å². The normalized spacial score (nSPS) is 44.2. The minimum atomic E-state index is -2.73. The number of Topliss-reactive ketones (excluding diaryl/α,β-unsaturated/α-hetero) is 1. The van der Waals surface area contributed by atoms with E-state index in [0.717, 1.165) is 23.3 Å². The third kappa shape index (κ3) is 3.70. The molecule has 1 saturated heterocycles. The first-order valence-electron chi connectivity index (χ1n) is 15.8. The number of carbonyl (C=O) groups is 3. The minimum absolute atomic E-state index is 0.0495. The standard InChI is InChI=1S/C38H43NO5/c1-9-16-37-21-25-12-14-26(15-13-25)44-31-27-28(36(8)19-22(4)18-23(5)29(31)36)24(6)20-35(7,11-3)30(27)32(40)38(37,43)34(42)39(17-10-2)33(37)41/h1-2,11-15,20,22-23,27-31,43H,3,16-19,21H2,4-8H3. The third-order valence-corrected chi connectivity index (χ3v) is 12.2. The molecule has 1 N–H and O–H groups in total. The van der Waals surface area contributed by atoms with E-state index in [4.69, 9.17) is 17.6 Å². The van der Waals surface area contributed by atoms with Gasteiger partial charge >= 0.3 is 0 Å². The first-order chi connectivity index (χ1) is 20.7. The molecule has 0 spiro atoms. The van der Waals surface area contributed by atoms with Gasteiger partial charge in [-0.2, -0.15) is 0 Å². The summed E-state index contributed by atoms with van der Waals surface area (Å²) in [7, 11) is 0. The summed E-state index contributed by atoms with van der Waals surface area (Å²) in [6.45, 7) is 14.8. The number of aliphatic hydroxyl groups is 1. The van der Waals surface area contributed by atoms with E-state index >= 15 is 4.79 Å². The smallest absolute Gasteiger partial charge is 0.271 e. The van der Waals surface area contributed by atoms with Crippen LogP contribution in [-0.4, -0.2) is 45.9 Å². The first kappa shape index (κ1) is 30.4. The fourth-order valence-electron chi connectivity index (χ4n) is 10.9. The van der Waals surface area contributed by atoms with Crippen LogP contribution in [0.1, 0.15) is 59.4 Å². The molecule has 44 heavy (non-hydrogen) atoms. The monoisotopic (exact) mass is 593 g/mol. The Morgan fingerprint density at radius 3 is 2.39 bits per heavy atom. The Hall–Kier alpha value is -3.61. The van der Waals surface area contributed by atoms with Crippen LogP contribution in [0.5, 0.6) is 5.75 Å². The zero-order valence-electron chi connectivity index (χ0n) is 26.4. The molecule has 0 aromatic heterocycles. The van der Waals surface area contributed by atoms with Crippen molar-refractivity contribution in [3.8, 4) is 30.4 Å². The average molecular weight is 594 g/mol. The first-order valence-corrected chi connectivity index (χ1v) is 15.8. The van der Waals surface area contributed by atoms with Gasteiger partial charge in [0.15, 0.2) is 5.78 Å². The lowest BCUT2D eigenvalue weighted by molar-refractivity contribution is -0.170. The van der Waals surface area contributed by atoms with E-state index in [1.54, 1.807) is 6.08 Å².